The summed E-state index contributed by atoms with van der Waals surface area (Å²) in [4.78, 5) is 12.9. The molecule has 0 aliphatic carbocycles. The highest BCUT2D eigenvalue weighted by atomic mass is 32.2. The molecule has 0 atom stereocenters. The summed E-state index contributed by atoms with van der Waals surface area (Å²) in [5, 5.41) is 0.449. The summed E-state index contributed by atoms with van der Waals surface area (Å²) < 4.78 is 30.7. The molecule has 0 aliphatic heterocycles. The van der Waals surface area contributed by atoms with Crippen molar-refractivity contribution in [3.05, 3.63) is 88.8 Å². The monoisotopic (exact) mass is 405 g/mol. The zero-order valence-corrected chi connectivity index (χ0v) is 16.8. The Bertz CT molecular complexity index is 1340. The van der Waals surface area contributed by atoms with Gasteiger partial charge in [0.15, 0.2) is 5.43 Å². The van der Waals surface area contributed by atoms with Crippen LogP contribution in [0.2, 0.25) is 0 Å². The van der Waals surface area contributed by atoms with E-state index in [2.05, 4.69) is 23.1 Å². The molecule has 5 nitrogen and oxygen atoms in total. The first-order chi connectivity index (χ1) is 13.8. The van der Waals surface area contributed by atoms with Crippen LogP contribution in [-0.4, -0.2) is 14.7 Å². The van der Waals surface area contributed by atoms with E-state index in [0.717, 1.165) is 17.4 Å². The quantitative estimate of drug-likeness (QED) is 0.518. The van der Waals surface area contributed by atoms with Gasteiger partial charge in [-0.05, 0) is 48.4 Å². The van der Waals surface area contributed by atoms with Gasteiger partial charge in [-0.3, -0.25) is 9.52 Å². The third-order valence-electron chi connectivity index (χ3n) is 4.05. The van der Waals surface area contributed by atoms with Crippen molar-refractivity contribution in [3.63, 3.8) is 0 Å². The van der Waals surface area contributed by atoms with E-state index in [1.54, 1.807) is 48.5 Å². The molecule has 0 radical (unpaired) electrons. The highest BCUT2D eigenvalue weighted by Crippen LogP contribution is 2.22. The fourth-order valence-electron chi connectivity index (χ4n) is 2.73. The van der Waals surface area contributed by atoms with Crippen molar-refractivity contribution in [2.75, 3.05) is 11.0 Å². The fourth-order valence-corrected chi connectivity index (χ4v) is 3.29. The lowest BCUT2D eigenvalue weighted by molar-refractivity contribution is 0.604. The lowest BCUT2D eigenvalue weighted by Gasteiger charge is -2.06. The van der Waals surface area contributed by atoms with Crippen LogP contribution in [0.25, 0.3) is 22.1 Å². The number of fused-ring (bicyclic) bond motifs is 1. The standard InChI is InChI=1S/C23H19NO4S/c1-4-5-16(2)6-7-17-8-13-20-22(14-17)28-15-21(23(20)25)18-9-11-19(12-10-18)24-29(3,26)27/h4-5,8-15,24H,1H2,2-3H3. The Hall–Kier alpha value is -3.56. The summed E-state index contributed by atoms with van der Waals surface area (Å²) >= 11 is 0. The molecule has 146 valence electrons. The van der Waals surface area contributed by atoms with Gasteiger partial charge in [-0.25, -0.2) is 8.42 Å². The average Bonchev–Trinajstić information content (AvgIpc) is 2.66. The molecule has 3 aromatic rings. The van der Waals surface area contributed by atoms with E-state index in [1.807, 2.05) is 13.0 Å². The van der Waals surface area contributed by atoms with Crippen LogP contribution in [0.5, 0.6) is 0 Å². The molecule has 0 spiro atoms. The maximum Gasteiger partial charge on any atom is 0.229 e. The first-order valence-corrected chi connectivity index (χ1v) is 10.6. The number of anilines is 1. The Balaban J connectivity index is 1.96. The number of hydrogen-bond acceptors (Lipinski definition) is 4. The van der Waals surface area contributed by atoms with Crippen LogP contribution >= 0.6 is 0 Å². The van der Waals surface area contributed by atoms with Gasteiger partial charge in [-0.2, -0.15) is 0 Å². The number of nitrogens with one attached hydrogen (secondary N) is 1. The molecule has 0 fully saturated rings. The highest BCUT2D eigenvalue weighted by molar-refractivity contribution is 7.92. The van der Waals surface area contributed by atoms with Crippen LogP contribution in [0, 0.1) is 11.8 Å². The lowest BCUT2D eigenvalue weighted by atomic mass is 10.0. The molecule has 29 heavy (non-hydrogen) atoms. The molecule has 0 aliphatic rings. The minimum Gasteiger partial charge on any atom is -0.463 e. The predicted molar refractivity (Wildman–Crippen MR) is 117 cm³/mol. The second-order valence-electron chi connectivity index (χ2n) is 6.48. The fraction of sp³-hybridized carbons (Fsp3) is 0.0870. The van der Waals surface area contributed by atoms with Gasteiger partial charge >= 0.3 is 0 Å². The number of sulfonamides is 1. The lowest BCUT2D eigenvalue weighted by Crippen LogP contribution is -2.09. The van der Waals surface area contributed by atoms with Crippen LogP contribution in [0.3, 0.4) is 0 Å². The molecule has 2 aromatic carbocycles. The van der Waals surface area contributed by atoms with Gasteiger partial charge in [0.25, 0.3) is 0 Å². The minimum absolute atomic E-state index is 0.169. The highest BCUT2D eigenvalue weighted by Gasteiger charge is 2.10. The van der Waals surface area contributed by atoms with E-state index < -0.39 is 10.0 Å². The Morgan fingerprint density at radius 3 is 2.55 bits per heavy atom. The van der Waals surface area contributed by atoms with Crippen molar-refractivity contribution in [2.45, 2.75) is 6.92 Å². The number of allylic oxidation sites excluding steroid dienone is 3. The van der Waals surface area contributed by atoms with Crippen molar-refractivity contribution in [1.82, 2.24) is 0 Å². The number of benzene rings is 2. The molecule has 6 heteroatoms. The third kappa shape index (κ3) is 5.03. The molecule has 0 saturated heterocycles. The maximum atomic E-state index is 12.9. The van der Waals surface area contributed by atoms with Crippen molar-refractivity contribution in [1.29, 1.82) is 0 Å². The Morgan fingerprint density at radius 1 is 1.17 bits per heavy atom. The van der Waals surface area contributed by atoms with Crippen LogP contribution in [0.15, 0.2) is 82.2 Å². The van der Waals surface area contributed by atoms with Crippen molar-refractivity contribution in [2.24, 2.45) is 0 Å². The summed E-state index contributed by atoms with van der Waals surface area (Å²) in [5.41, 5.74) is 3.35. The maximum absolute atomic E-state index is 12.9. The molecule has 0 amide bonds. The van der Waals surface area contributed by atoms with E-state index in [9.17, 15) is 13.2 Å². The van der Waals surface area contributed by atoms with Crippen LogP contribution in [0.1, 0.15) is 12.5 Å². The summed E-state index contributed by atoms with van der Waals surface area (Å²) in [6, 6.07) is 11.7. The molecule has 3 rings (SSSR count). The summed E-state index contributed by atoms with van der Waals surface area (Å²) in [6.45, 7) is 5.52. The Labute approximate surface area is 169 Å². The zero-order chi connectivity index (χ0) is 21.0. The van der Waals surface area contributed by atoms with E-state index >= 15 is 0 Å². The van der Waals surface area contributed by atoms with Gasteiger partial charge < -0.3 is 4.42 Å². The van der Waals surface area contributed by atoms with Crippen LogP contribution < -0.4 is 10.2 Å². The van der Waals surface area contributed by atoms with Crippen molar-refractivity contribution in [3.8, 4) is 23.0 Å². The predicted octanol–water partition coefficient (Wildman–Crippen LogP) is 4.32. The van der Waals surface area contributed by atoms with E-state index in [0.29, 0.717) is 27.8 Å². The van der Waals surface area contributed by atoms with Crippen LogP contribution in [0.4, 0.5) is 5.69 Å². The molecular formula is C23H19NO4S. The van der Waals surface area contributed by atoms with Gasteiger partial charge in [-0.15, -0.1) is 0 Å². The average molecular weight is 405 g/mol. The second kappa shape index (κ2) is 8.21. The van der Waals surface area contributed by atoms with Crippen molar-refractivity contribution >= 4 is 26.7 Å². The number of hydrogen-bond donors (Lipinski definition) is 1. The van der Waals surface area contributed by atoms with Crippen LogP contribution in [-0.2, 0) is 10.0 Å². The van der Waals surface area contributed by atoms with E-state index in [4.69, 9.17) is 4.42 Å². The summed E-state index contributed by atoms with van der Waals surface area (Å²) in [6.07, 6.45) is 5.98. The molecule has 0 saturated carbocycles. The molecule has 1 N–H and O–H groups in total. The topological polar surface area (TPSA) is 76.4 Å². The van der Waals surface area contributed by atoms with E-state index in [-0.39, 0.29) is 5.43 Å². The van der Waals surface area contributed by atoms with E-state index in [1.165, 1.54) is 6.26 Å². The smallest absolute Gasteiger partial charge is 0.229 e. The molecule has 0 unspecified atom stereocenters. The summed E-state index contributed by atoms with van der Waals surface area (Å²) in [7, 11) is -3.36. The largest absolute Gasteiger partial charge is 0.463 e. The van der Waals surface area contributed by atoms with Gasteiger partial charge in [-0.1, -0.05) is 42.7 Å². The van der Waals surface area contributed by atoms with Gasteiger partial charge in [0, 0.05) is 11.3 Å². The molecular weight excluding hydrogens is 386 g/mol. The third-order valence-corrected chi connectivity index (χ3v) is 4.65. The first kappa shape index (κ1) is 20.2. The molecule has 1 aromatic heterocycles. The van der Waals surface area contributed by atoms with Crippen molar-refractivity contribution < 1.29 is 12.8 Å². The molecule has 1 heterocycles. The minimum atomic E-state index is -3.36. The van der Waals surface area contributed by atoms with Gasteiger partial charge in [0.05, 0.1) is 17.2 Å². The van der Waals surface area contributed by atoms with Gasteiger partial charge in [0.2, 0.25) is 10.0 Å². The van der Waals surface area contributed by atoms with Gasteiger partial charge in [0.1, 0.15) is 11.8 Å². The normalized spacial score (nSPS) is 11.6. The second-order valence-corrected chi connectivity index (χ2v) is 8.22. The SMILES string of the molecule is C=CC=C(C)C#Cc1ccc2c(=O)c(-c3ccc(NS(C)(=O)=O)cc3)coc2c1. The summed E-state index contributed by atoms with van der Waals surface area (Å²) in [5.74, 6) is 6.04. The Kier molecular flexibility index (Phi) is 5.71. The first-order valence-electron chi connectivity index (χ1n) is 8.72. The zero-order valence-electron chi connectivity index (χ0n) is 16.0. The Morgan fingerprint density at radius 2 is 1.90 bits per heavy atom. The molecule has 0 bridgehead atoms. The number of rotatable bonds is 4.